The summed E-state index contributed by atoms with van der Waals surface area (Å²) in [6.45, 7) is 4.63. The van der Waals surface area contributed by atoms with Gasteiger partial charge in [0.05, 0.1) is 11.0 Å². The van der Waals surface area contributed by atoms with Crippen LogP contribution >= 0.6 is 15.9 Å². The predicted octanol–water partition coefficient (Wildman–Crippen LogP) is 3.26. The van der Waals surface area contributed by atoms with Crippen LogP contribution in [0.25, 0.3) is 16.9 Å². The molecule has 0 saturated carbocycles. The summed E-state index contributed by atoms with van der Waals surface area (Å²) in [7, 11) is 0. The van der Waals surface area contributed by atoms with Crippen LogP contribution in [-0.2, 0) is 6.54 Å². The number of imidazole rings is 1. The van der Waals surface area contributed by atoms with E-state index in [4.69, 9.17) is 5.73 Å². The first kappa shape index (κ1) is 13.3. The normalized spacial score (nSPS) is 11.2. The minimum absolute atomic E-state index is 0.437. The topological polar surface area (TPSA) is 56.7 Å². The standard InChI is InChI=1S/C15H15BrN4/c1-9-3-13-14(4-10(9)2)20(8-19-13)15-11(6-17)5-12(16)7-18-15/h3-5,7-8H,6,17H2,1-2H3. The molecular weight excluding hydrogens is 316 g/mol. The highest BCUT2D eigenvalue weighted by Crippen LogP contribution is 2.24. The molecule has 2 aromatic heterocycles. The average molecular weight is 331 g/mol. The SMILES string of the molecule is Cc1cc2ncn(-c3ncc(Br)cc3CN)c2cc1C. The zero-order valence-electron chi connectivity index (χ0n) is 11.4. The van der Waals surface area contributed by atoms with Crippen LogP contribution in [0.5, 0.6) is 0 Å². The number of pyridine rings is 1. The van der Waals surface area contributed by atoms with Crippen molar-refractivity contribution in [3.05, 3.63) is 51.9 Å². The summed E-state index contributed by atoms with van der Waals surface area (Å²) < 4.78 is 2.93. The van der Waals surface area contributed by atoms with Crippen molar-refractivity contribution in [2.24, 2.45) is 5.73 Å². The van der Waals surface area contributed by atoms with Gasteiger partial charge in [0.2, 0.25) is 0 Å². The summed E-state index contributed by atoms with van der Waals surface area (Å²) in [5.74, 6) is 0.835. The van der Waals surface area contributed by atoms with Crippen molar-refractivity contribution in [1.29, 1.82) is 0 Å². The van der Waals surface area contributed by atoms with Gasteiger partial charge in [-0.2, -0.15) is 0 Å². The Kier molecular flexibility index (Phi) is 3.31. The third kappa shape index (κ3) is 2.13. The molecule has 5 heteroatoms. The van der Waals surface area contributed by atoms with Crippen LogP contribution in [0.15, 0.2) is 35.2 Å². The number of fused-ring (bicyclic) bond motifs is 1. The Bertz CT molecular complexity index is 792. The van der Waals surface area contributed by atoms with Crippen LogP contribution in [0.3, 0.4) is 0 Å². The maximum Gasteiger partial charge on any atom is 0.142 e. The number of nitrogens with two attached hydrogens (primary N) is 1. The lowest BCUT2D eigenvalue weighted by atomic mass is 10.1. The average Bonchev–Trinajstić information content (AvgIpc) is 2.82. The van der Waals surface area contributed by atoms with Crippen LogP contribution in [0.1, 0.15) is 16.7 Å². The van der Waals surface area contributed by atoms with Crippen LogP contribution < -0.4 is 5.73 Å². The monoisotopic (exact) mass is 330 g/mol. The highest BCUT2D eigenvalue weighted by atomic mass is 79.9. The fourth-order valence-electron chi connectivity index (χ4n) is 2.27. The molecule has 20 heavy (non-hydrogen) atoms. The molecule has 0 amide bonds. The Hall–Kier alpha value is -1.72. The van der Waals surface area contributed by atoms with Crippen LogP contribution in [0.4, 0.5) is 0 Å². The molecule has 102 valence electrons. The van der Waals surface area contributed by atoms with Crippen molar-refractivity contribution in [3.8, 4) is 5.82 Å². The second-order valence-corrected chi connectivity index (χ2v) is 5.80. The molecule has 0 fully saturated rings. The highest BCUT2D eigenvalue weighted by molar-refractivity contribution is 9.10. The summed E-state index contributed by atoms with van der Waals surface area (Å²) >= 11 is 3.43. The van der Waals surface area contributed by atoms with Crippen LogP contribution in [0, 0.1) is 13.8 Å². The van der Waals surface area contributed by atoms with E-state index >= 15 is 0 Å². The van der Waals surface area contributed by atoms with Gasteiger partial charge in [-0.05, 0) is 59.1 Å². The summed E-state index contributed by atoms with van der Waals surface area (Å²) in [5, 5.41) is 0. The highest BCUT2D eigenvalue weighted by Gasteiger charge is 2.11. The Balaban J connectivity index is 2.27. The molecule has 0 atom stereocenters. The molecule has 1 aromatic carbocycles. The number of halogens is 1. The van der Waals surface area contributed by atoms with E-state index in [1.165, 1.54) is 11.1 Å². The minimum Gasteiger partial charge on any atom is -0.326 e. The van der Waals surface area contributed by atoms with E-state index in [1.54, 1.807) is 12.5 Å². The fraction of sp³-hybridized carbons (Fsp3) is 0.200. The van der Waals surface area contributed by atoms with E-state index in [0.717, 1.165) is 26.9 Å². The Labute approximate surface area is 125 Å². The molecule has 0 saturated heterocycles. The van der Waals surface area contributed by atoms with Crippen molar-refractivity contribution in [2.45, 2.75) is 20.4 Å². The Morgan fingerprint density at radius 3 is 2.65 bits per heavy atom. The number of aromatic nitrogens is 3. The van der Waals surface area contributed by atoms with E-state index in [-0.39, 0.29) is 0 Å². The van der Waals surface area contributed by atoms with Crippen molar-refractivity contribution < 1.29 is 0 Å². The summed E-state index contributed by atoms with van der Waals surface area (Å²) in [6, 6.07) is 6.24. The molecule has 0 aliphatic rings. The zero-order valence-corrected chi connectivity index (χ0v) is 13.0. The summed E-state index contributed by atoms with van der Waals surface area (Å²) in [5.41, 5.74) is 11.3. The third-order valence-electron chi connectivity index (χ3n) is 3.52. The first-order chi connectivity index (χ1) is 9.60. The van der Waals surface area contributed by atoms with Gasteiger partial charge in [-0.3, -0.25) is 4.57 Å². The maximum atomic E-state index is 5.83. The van der Waals surface area contributed by atoms with E-state index in [9.17, 15) is 0 Å². The molecule has 0 aliphatic heterocycles. The van der Waals surface area contributed by atoms with Crippen LogP contribution in [-0.4, -0.2) is 14.5 Å². The largest absolute Gasteiger partial charge is 0.326 e. The van der Waals surface area contributed by atoms with E-state index < -0.39 is 0 Å². The Morgan fingerprint density at radius 1 is 1.15 bits per heavy atom. The van der Waals surface area contributed by atoms with Gasteiger partial charge in [0.1, 0.15) is 12.1 Å². The van der Waals surface area contributed by atoms with Crippen molar-refractivity contribution in [1.82, 2.24) is 14.5 Å². The molecule has 0 radical (unpaired) electrons. The second kappa shape index (κ2) is 5.00. The molecule has 3 rings (SSSR count). The molecule has 4 nitrogen and oxygen atoms in total. The third-order valence-corrected chi connectivity index (χ3v) is 3.95. The summed E-state index contributed by atoms with van der Waals surface area (Å²) in [4.78, 5) is 8.96. The predicted molar refractivity (Wildman–Crippen MR) is 83.9 cm³/mol. The second-order valence-electron chi connectivity index (χ2n) is 4.88. The summed E-state index contributed by atoms with van der Waals surface area (Å²) in [6.07, 6.45) is 3.58. The first-order valence-corrected chi connectivity index (χ1v) is 7.18. The fourth-order valence-corrected chi connectivity index (χ4v) is 2.65. The lowest BCUT2D eigenvalue weighted by molar-refractivity contribution is 0.947. The maximum absolute atomic E-state index is 5.83. The van der Waals surface area contributed by atoms with Gasteiger partial charge < -0.3 is 5.73 Å². The van der Waals surface area contributed by atoms with Gasteiger partial charge in [0.25, 0.3) is 0 Å². The number of nitrogens with zero attached hydrogens (tertiary/aromatic N) is 3. The van der Waals surface area contributed by atoms with Gasteiger partial charge in [-0.25, -0.2) is 9.97 Å². The molecular formula is C15H15BrN4. The lowest BCUT2D eigenvalue weighted by Crippen LogP contribution is -2.06. The van der Waals surface area contributed by atoms with Gasteiger partial charge in [0, 0.05) is 22.8 Å². The molecule has 0 aliphatic carbocycles. The minimum atomic E-state index is 0.437. The molecule has 2 N–H and O–H groups in total. The first-order valence-electron chi connectivity index (χ1n) is 6.39. The van der Waals surface area contributed by atoms with E-state index in [1.807, 2.05) is 10.6 Å². The van der Waals surface area contributed by atoms with Gasteiger partial charge in [-0.1, -0.05) is 0 Å². The molecule has 0 spiro atoms. The molecule has 3 aromatic rings. The van der Waals surface area contributed by atoms with Crippen molar-refractivity contribution >= 4 is 27.0 Å². The van der Waals surface area contributed by atoms with E-state index in [0.29, 0.717) is 6.54 Å². The van der Waals surface area contributed by atoms with E-state index in [2.05, 4.69) is 51.9 Å². The number of aryl methyl sites for hydroxylation is 2. The molecule has 0 bridgehead atoms. The number of hydrogen-bond donors (Lipinski definition) is 1. The van der Waals surface area contributed by atoms with Gasteiger partial charge in [-0.15, -0.1) is 0 Å². The number of rotatable bonds is 2. The Morgan fingerprint density at radius 2 is 1.90 bits per heavy atom. The zero-order chi connectivity index (χ0) is 14.3. The number of hydrogen-bond acceptors (Lipinski definition) is 3. The molecule has 2 heterocycles. The smallest absolute Gasteiger partial charge is 0.142 e. The van der Waals surface area contributed by atoms with Gasteiger partial charge in [0.15, 0.2) is 0 Å². The van der Waals surface area contributed by atoms with Crippen LogP contribution in [0.2, 0.25) is 0 Å². The van der Waals surface area contributed by atoms with Crippen molar-refractivity contribution in [3.63, 3.8) is 0 Å². The number of benzene rings is 1. The molecule has 0 unspecified atom stereocenters. The van der Waals surface area contributed by atoms with Crippen molar-refractivity contribution in [2.75, 3.05) is 0 Å². The lowest BCUT2D eigenvalue weighted by Gasteiger charge is -2.10. The van der Waals surface area contributed by atoms with Gasteiger partial charge >= 0.3 is 0 Å². The quantitative estimate of drug-likeness (QED) is 0.784.